The molecule has 4 unspecified atom stereocenters. The second-order valence-corrected chi connectivity index (χ2v) is 19.2. The minimum absolute atomic E-state index is 0.209. The number of aliphatic carboxylic acids is 1. The van der Waals surface area contributed by atoms with Crippen molar-refractivity contribution in [3.8, 4) is 0 Å². The summed E-state index contributed by atoms with van der Waals surface area (Å²) in [6.07, 6.45) is 23.6. The van der Waals surface area contributed by atoms with E-state index in [4.69, 9.17) is 5.11 Å². The molecule has 0 saturated heterocycles. The highest BCUT2D eigenvalue weighted by Crippen LogP contribution is 2.21. The molecule has 0 radical (unpaired) electrons. The zero-order valence-electron chi connectivity index (χ0n) is 40.4. The van der Waals surface area contributed by atoms with E-state index in [1.54, 1.807) is 0 Å². The van der Waals surface area contributed by atoms with Crippen LogP contribution in [0.3, 0.4) is 0 Å². The van der Waals surface area contributed by atoms with Crippen molar-refractivity contribution in [3.63, 3.8) is 0 Å². The van der Waals surface area contributed by atoms with E-state index >= 15 is 0 Å². The minimum atomic E-state index is -1.43. The van der Waals surface area contributed by atoms with Gasteiger partial charge in [-0.1, -0.05) is 76.3 Å². The summed E-state index contributed by atoms with van der Waals surface area (Å²) < 4.78 is 0. The predicted molar refractivity (Wildman–Crippen MR) is 261 cm³/mol. The van der Waals surface area contributed by atoms with Crippen molar-refractivity contribution >= 4 is 41.2 Å². The standard InChI is InChI=1S/C50H85N9O8/c1-36-18-17-25-40(32-36)53-31-16-11-26-41(47(64)54-33-45(61)57-44(35-60)48(65)55-34-46(62)63)58-50(67)43(28-13-15-30-51-37-19-7-4-8-20-37)59-49(66)42(56-39-23-5-2-3-6-24-39)27-12-14-29-52-38-21-9-10-22-38/h17-18,25,32,37-39,41-44,51-53,56,60H,2-16,19-24,26-31,33-35H2,1H3,(H,54,64)(H,55,65)(H,57,61)(H,58,67)(H,59,66)(H,62,63). The lowest BCUT2D eigenvalue weighted by molar-refractivity contribution is -0.138. The van der Waals surface area contributed by atoms with Crippen molar-refractivity contribution in [2.24, 2.45) is 0 Å². The van der Waals surface area contributed by atoms with Crippen LogP contribution in [0.5, 0.6) is 0 Å². The molecule has 0 bridgehead atoms. The van der Waals surface area contributed by atoms with E-state index in [1.807, 2.05) is 31.2 Å². The summed E-state index contributed by atoms with van der Waals surface area (Å²) in [5, 5.41) is 46.2. The van der Waals surface area contributed by atoms with Crippen LogP contribution in [0.2, 0.25) is 0 Å². The van der Waals surface area contributed by atoms with Gasteiger partial charge in [0.15, 0.2) is 0 Å². The Morgan fingerprint density at radius 1 is 0.552 bits per heavy atom. The van der Waals surface area contributed by atoms with Crippen LogP contribution in [0.4, 0.5) is 5.69 Å². The number of nitrogens with one attached hydrogen (secondary N) is 9. The van der Waals surface area contributed by atoms with Gasteiger partial charge >= 0.3 is 5.97 Å². The van der Waals surface area contributed by atoms with Crippen LogP contribution >= 0.6 is 0 Å². The molecule has 4 atom stereocenters. The van der Waals surface area contributed by atoms with Crippen LogP contribution < -0.4 is 47.9 Å². The maximum atomic E-state index is 14.4. The second-order valence-electron chi connectivity index (χ2n) is 19.2. The van der Waals surface area contributed by atoms with Crippen molar-refractivity contribution in [3.05, 3.63) is 29.8 Å². The molecule has 11 N–H and O–H groups in total. The first kappa shape index (κ1) is 55.3. The van der Waals surface area contributed by atoms with Gasteiger partial charge in [0.25, 0.3) is 0 Å². The number of amides is 5. The van der Waals surface area contributed by atoms with E-state index in [-0.39, 0.29) is 18.4 Å². The summed E-state index contributed by atoms with van der Waals surface area (Å²) in [7, 11) is 0. The van der Waals surface area contributed by atoms with E-state index in [0.717, 1.165) is 69.3 Å². The summed E-state index contributed by atoms with van der Waals surface area (Å²) in [4.78, 5) is 78.8. The molecular formula is C50H85N9O8. The largest absolute Gasteiger partial charge is 0.480 e. The minimum Gasteiger partial charge on any atom is -0.480 e. The van der Waals surface area contributed by atoms with Gasteiger partial charge in [-0.25, -0.2) is 0 Å². The molecule has 1 aromatic rings. The lowest BCUT2D eigenvalue weighted by Crippen LogP contribution is -2.57. The summed E-state index contributed by atoms with van der Waals surface area (Å²) in [6, 6.07) is 5.49. The number of unbranched alkanes of at least 4 members (excludes halogenated alkanes) is 3. The SMILES string of the molecule is Cc1cccc(NCCCCC(NC(=O)C(CCCCNC2CCCCC2)NC(=O)C(CCCCNC2CCCC2)NC2CCCCCC2)C(=O)NCC(=O)NC(CO)C(=O)NCC(=O)O)c1. The number of aliphatic hydroxyl groups excluding tert-OH is 1. The van der Waals surface area contributed by atoms with Gasteiger partial charge in [0.05, 0.1) is 19.2 Å². The zero-order chi connectivity index (χ0) is 48.1. The third-order valence-electron chi connectivity index (χ3n) is 13.5. The van der Waals surface area contributed by atoms with Crippen molar-refractivity contribution in [1.82, 2.24) is 42.5 Å². The summed E-state index contributed by atoms with van der Waals surface area (Å²) in [5.74, 6) is -4.28. The van der Waals surface area contributed by atoms with Gasteiger partial charge in [0, 0.05) is 30.4 Å². The molecular weight excluding hydrogens is 855 g/mol. The van der Waals surface area contributed by atoms with Crippen molar-refractivity contribution < 1.29 is 39.0 Å². The topological polar surface area (TPSA) is 251 Å². The quantitative estimate of drug-likeness (QED) is 0.0365. The molecule has 0 heterocycles. The predicted octanol–water partition coefficient (Wildman–Crippen LogP) is 3.82. The first-order valence-corrected chi connectivity index (χ1v) is 25.8. The average molecular weight is 940 g/mol. The smallest absolute Gasteiger partial charge is 0.322 e. The van der Waals surface area contributed by atoms with Crippen molar-refractivity contribution in [2.75, 3.05) is 44.6 Å². The maximum Gasteiger partial charge on any atom is 0.322 e. The fourth-order valence-corrected chi connectivity index (χ4v) is 9.58. The number of hydrogen-bond acceptors (Lipinski definition) is 11. The third kappa shape index (κ3) is 23.0. The molecule has 3 fully saturated rings. The number of rotatable bonds is 32. The third-order valence-corrected chi connectivity index (χ3v) is 13.5. The van der Waals surface area contributed by atoms with Gasteiger partial charge in [-0.15, -0.1) is 0 Å². The normalized spacial score (nSPS) is 17.9. The monoisotopic (exact) mass is 940 g/mol. The summed E-state index contributed by atoms with van der Waals surface area (Å²) >= 11 is 0. The molecule has 17 nitrogen and oxygen atoms in total. The number of hydrogen-bond donors (Lipinski definition) is 11. The number of carbonyl (C=O) groups is 6. The zero-order valence-corrected chi connectivity index (χ0v) is 40.4. The van der Waals surface area contributed by atoms with E-state index in [9.17, 15) is 33.9 Å². The van der Waals surface area contributed by atoms with Crippen LogP contribution in [0.25, 0.3) is 0 Å². The first-order valence-electron chi connectivity index (χ1n) is 25.8. The molecule has 3 aliphatic carbocycles. The molecule has 3 saturated carbocycles. The van der Waals surface area contributed by atoms with Gasteiger partial charge in [-0.05, 0) is 128 Å². The highest BCUT2D eigenvalue weighted by Gasteiger charge is 2.31. The maximum absolute atomic E-state index is 14.4. The van der Waals surface area contributed by atoms with E-state index in [2.05, 4.69) is 47.9 Å². The molecule has 378 valence electrons. The van der Waals surface area contributed by atoms with Gasteiger partial charge in [-0.3, -0.25) is 28.8 Å². The number of anilines is 1. The number of carbonyl (C=O) groups excluding carboxylic acids is 5. The number of benzene rings is 1. The lowest BCUT2D eigenvalue weighted by Gasteiger charge is -2.28. The van der Waals surface area contributed by atoms with E-state index in [1.165, 1.54) is 70.6 Å². The highest BCUT2D eigenvalue weighted by molar-refractivity contribution is 5.95. The lowest BCUT2D eigenvalue weighted by atomic mass is 9.95. The van der Waals surface area contributed by atoms with E-state index < -0.39 is 73.5 Å². The van der Waals surface area contributed by atoms with E-state index in [0.29, 0.717) is 50.7 Å². The molecule has 0 aromatic heterocycles. The van der Waals surface area contributed by atoms with Gasteiger partial charge in [0.2, 0.25) is 29.5 Å². The molecule has 3 aliphatic rings. The Morgan fingerprint density at radius 2 is 1.03 bits per heavy atom. The Labute approximate surface area is 399 Å². The van der Waals surface area contributed by atoms with Crippen molar-refractivity contribution in [1.29, 1.82) is 0 Å². The van der Waals surface area contributed by atoms with Gasteiger partial charge in [-0.2, -0.15) is 0 Å². The van der Waals surface area contributed by atoms with Gasteiger partial charge in [0.1, 0.15) is 24.7 Å². The fraction of sp³-hybridized carbons (Fsp3) is 0.760. The molecule has 17 heteroatoms. The van der Waals surface area contributed by atoms with Crippen LogP contribution in [0.15, 0.2) is 24.3 Å². The molecule has 1 aromatic carbocycles. The Balaban J connectivity index is 1.44. The Morgan fingerprint density at radius 3 is 1.60 bits per heavy atom. The fourth-order valence-electron chi connectivity index (χ4n) is 9.58. The number of aryl methyl sites for hydroxylation is 1. The Kier molecular flexibility index (Phi) is 26.8. The summed E-state index contributed by atoms with van der Waals surface area (Å²) in [5.41, 5.74) is 2.10. The number of carboxylic acids is 1. The first-order chi connectivity index (χ1) is 32.5. The van der Waals surface area contributed by atoms with Crippen LogP contribution in [-0.4, -0.2) is 127 Å². The number of aliphatic hydroxyl groups is 1. The van der Waals surface area contributed by atoms with Crippen LogP contribution in [0.1, 0.15) is 160 Å². The second kappa shape index (κ2) is 32.4. The van der Waals surface area contributed by atoms with Crippen molar-refractivity contribution in [2.45, 2.75) is 203 Å². The molecule has 4 rings (SSSR count). The molecule has 67 heavy (non-hydrogen) atoms. The highest BCUT2D eigenvalue weighted by atomic mass is 16.4. The Bertz CT molecular complexity index is 1630. The summed E-state index contributed by atoms with van der Waals surface area (Å²) in [6.45, 7) is 2.32. The van der Waals surface area contributed by atoms with Gasteiger partial charge < -0.3 is 58.1 Å². The molecule has 5 amide bonds. The van der Waals surface area contributed by atoms with Crippen LogP contribution in [-0.2, 0) is 28.8 Å². The molecule has 0 aliphatic heterocycles. The Hall–Kier alpha value is -4.32. The average Bonchev–Trinajstić information content (AvgIpc) is 3.71. The van der Waals surface area contributed by atoms with Crippen LogP contribution in [0, 0.1) is 6.92 Å². The number of carboxylic acid groups (broad SMARTS) is 1. The molecule has 0 spiro atoms.